The fourth-order valence-corrected chi connectivity index (χ4v) is 2.47. The average molecular weight is 195 g/mol. The summed E-state index contributed by atoms with van der Waals surface area (Å²) < 4.78 is 0. The minimum Gasteiger partial charge on any atom is -0.327 e. The molecule has 0 aliphatic heterocycles. The summed E-state index contributed by atoms with van der Waals surface area (Å²) >= 11 is 0. The lowest BCUT2D eigenvalue weighted by Crippen LogP contribution is -2.32. The van der Waals surface area contributed by atoms with E-state index in [0.29, 0.717) is 6.04 Å². The molecule has 0 amide bonds. The maximum absolute atomic E-state index is 6.10. The largest absolute Gasteiger partial charge is 0.327 e. The Hall–Kier alpha value is -0.300. The Balaban J connectivity index is 2.01. The van der Waals surface area contributed by atoms with Crippen LogP contribution in [0.4, 0.5) is 0 Å². The molecular formula is C13H25N. The van der Waals surface area contributed by atoms with Crippen molar-refractivity contribution >= 4 is 0 Å². The standard InChI is InChI=1S/C13H25N/c1-2-3-4-5-6-9-12-10-7-8-11-13(12)14/h2,12-13H,1,3-11,14H2. The number of allylic oxidation sites excluding steroid dienone is 1. The highest BCUT2D eigenvalue weighted by Crippen LogP contribution is 2.27. The highest BCUT2D eigenvalue weighted by atomic mass is 14.7. The number of nitrogens with two attached hydrogens (primary N) is 1. The summed E-state index contributed by atoms with van der Waals surface area (Å²) in [5, 5.41) is 0. The average Bonchev–Trinajstić information content (AvgIpc) is 2.20. The van der Waals surface area contributed by atoms with Crippen LogP contribution in [0.15, 0.2) is 12.7 Å². The van der Waals surface area contributed by atoms with E-state index in [1.807, 2.05) is 6.08 Å². The summed E-state index contributed by atoms with van der Waals surface area (Å²) in [5.74, 6) is 0.826. The van der Waals surface area contributed by atoms with Crippen LogP contribution in [0.2, 0.25) is 0 Å². The predicted molar refractivity (Wildman–Crippen MR) is 63.2 cm³/mol. The van der Waals surface area contributed by atoms with Gasteiger partial charge in [0.15, 0.2) is 0 Å². The number of hydrogen-bond donors (Lipinski definition) is 1. The predicted octanol–water partition coefficient (Wildman–Crippen LogP) is 3.64. The minimum absolute atomic E-state index is 0.503. The normalized spacial score (nSPS) is 27.5. The van der Waals surface area contributed by atoms with Crippen LogP contribution in [-0.2, 0) is 0 Å². The van der Waals surface area contributed by atoms with Crippen molar-refractivity contribution < 1.29 is 0 Å². The van der Waals surface area contributed by atoms with Crippen LogP contribution in [0, 0.1) is 5.92 Å². The molecule has 1 rings (SSSR count). The van der Waals surface area contributed by atoms with Crippen LogP contribution in [0.1, 0.15) is 57.8 Å². The molecule has 1 aliphatic rings. The molecular weight excluding hydrogens is 170 g/mol. The molecule has 1 saturated carbocycles. The summed E-state index contributed by atoms with van der Waals surface area (Å²) in [6.45, 7) is 3.74. The van der Waals surface area contributed by atoms with Crippen molar-refractivity contribution in [3.05, 3.63) is 12.7 Å². The zero-order valence-corrected chi connectivity index (χ0v) is 9.38. The van der Waals surface area contributed by atoms with E-state index in [9.17, 15) is 0 Å². The summed E-state index contributed by atoms with van der Waals surface area (Å²) in [4.78, 5) is 0. The summed E-state index contributed by atoms with van der Waals surface area (Å²) in [5.41, 5.74) is 6.10. The van der Waals surface area contributed by atoms with Gasteiger partial charge in [0, 0.05) is 6.04 Å². The summed E-state index contributed by atoms with van der Waals surface area (Å²) in [6.07, 6.45) is 14.0. The van der Waals surface area contributed by atoms with Gasteiger partial charge in [-0.3, -0.25) is 0 Å². The monoisotopic (exact) mass is 195 g/mol. The van der Waals surface area contributed by atoms with Crippen molar-refractivity contribution in [2.75, 3.05) is 0 Å². The second-order valence-corrected chi connectivity index (χ2v) is 4.64. The number of unbranched alkanes of at least 4 members (excludes halogenated alkanes) is 3. The quantitative estimate of drug-likeness (QED) is 0.508. The van der Waals surface area contributed by atoms with E-state index in [0.717, 1.165) is 5.92 Å². The zero-order chi connectivity index (χ0) is 10.2. The smallest absolute Gasteiger partial charge is 0.00671 e. The van der Waals surface area contributed by atoms with E-state index in [1.54, 1.807) is 0 Å². The molecule has 1 heteroatoms. The van der Waals surface area contributed by atoms with Gasteiger partial charge in [0.2, 0.25) is 0 Å². The van der Waals surface area contributed by atoms with Crippen LogP contribution in [0.5, 0.6) is 0 Å². The van der Waals surface area contributed by atoms with Crippen molar-refractivity contribution in [1.29, 1.82) is 0 Å². The molecule has 0 aromatic rings. The highest BCUT2D eigenvalue weighted by molar-refractivity contribution is 4.77. The summed E-state index contributed by atoms with van der Waals surface area (Å²) in [6, 6.07) is 0.503. The Morgan fingerprint density at radius 2 is 1.93 bits per heavy atom. The lowest BCUT2D eigenvalue weighted by molar-refractivity contribution is 0.284. The Morgan fingerprint density at radius 3 is 2.64 bits per heavy atom. The first-order chi connectivity index (χ1) is 6.84. The van der Waals surface area contributed by atoms with Gasteiger partial charge in [0.1, 0.15) is 0 Å². The molecule has 2 N–H and O–H groups in total. The Morgan fingerprint density at radius 1 is 1.14 bits per heavy atom. The first-order valence-corrected chi connectivity index (χ1v) is 6.21. The van der Waals surface area contributed by atoms with Gasteiger partial charge < -0.3 is 5.73 Å². The molecule has 1 nitrogen and oxygen atoms in total. The molecule has 0 radical (unpaired) electrons. The number of hydrogen-bond acceptors (Lipinski definition) is 1. The van der Waals surface area contributed by atoms with E-state index in [4.69, 9.17) is 5.73 Å². The van der Waals surface area contributed by atoms with Crippen LogP contribution in [0.3, 0.4) is 0 Å². The molecule has 0 aromatic carbocycles. The van der Waals surface area contributed by atoms with Crippen LogP contribution < -0.4 is 5.73 Å². The second kappa shape index (κ2) is 7.05. The molecule has 0 bridgehead atoms. The Kier molecular flexibility index (Phi) is 5.93. The van der Waals surface area contributed by atoms with E-state index in [-0.39, 0.29) is 0 Å². The van der Waals surface area contributed by atoms with Crippen LogP contribution >= 0.6 is 0 Å². The van der Waals surface area contributed by atoms with E-state index in [1.165, 1.54) is 57.8 Å². The van der Waals surface area contributed by atoms with Gasteiger partial charge in [-0.1, -0.05) is 31.8 Å². The Bertz CT molecular complexity index is 153. The fraction of sp³-hybridized carbons (Fsp3) is 0.846. The van der Waals surface area contributed by atoms with Gasteiger partial charge in [0.05, 0.1) is 0 Å². The third-order valence-corrected chi connectivity index (χ3v) is 3.45. The molecule has 0 aromatic heterocycles. The van der Waals surface area contributed by atoms with Gasteiger partial charge in [-0.25, -0.2) is 0 Å². The molecule has 2 atom stereocenters. The van der Waals surface area contributed by atoms with Crippen LogP contribution in [-0.4, -0.2) is 6.04 Å². The number of rotatable bonds is 6. The molecule has 2 unspecified atom stereocenters. The van der Waals surface area contributed by atoms with Crippen molar-refractivity contribution in [3.8, 4) is 0 Å². The van der Waals surface area contributed by atoms with Gasteiger partial charge in [-0.2, -0.15) is 0 Å². The zero-order valence-electron chi connectivity index (χ0n) is 9.38. The lowest BCUT2D eigenvalue weighted by atomic mass is 9.82. The van der Waals surface area contributed by atoms with Gasteiger partial charge >= 0.3 is 0 Å². The summed E-state index contributed by atoms with van der Waals surface area (Å²) in [7, 11) is 0. The molecule has 0 spiro atoms. The van der Waals surface area contributed by atoms with E-state index in [2.05, 4.69) is 6.58 Å². The maximum atomic E-state index is 6.10. The molecule has 1 fully saturated rings. The van der Waals surface area contributed by atoms with Gasteiger partial charge in [0.25, 0.3) is 0 Å². The topological polar surface area (TPSA) is 26.0 Å². The Labute approximate surface area is 88.8 Å². The maximum Gasteiger partial charge on any atom is 0.00671 e. The third kappa shape index (κ3) is 4.28. The van der Waals surface area contributed by atoms with Crippen molar-refractivity contribution in [2.24, 2.45) is 11.7 Å². The molecule has 1 aliphatic carbocycles. The first-order valence-electron chi connectivity index (χ1n) is 6.21. The second-order valence-electron chi connectivity index (χ2n) is 4.64. The van der Waals surface area contributed by atoms with E-state index >= 15 is 0 Å². The van der Waals surface area contributed by atoms with Crippen LogP contribution in [0.25, 0.3) is 0 Å². The third-order valence-electron chi connectivity index (χ3n) is 3.45. The lowest BCUT2D eigenvalue weighted by Gasteiger charge is -2.28. The molecule has 82 valence electrons. The van der Waals surface area contributed by atoms with Gasteiger partial charge in [-0.05, 0) is 38.0 Å². The fourth-order valence-electron chi connectivity index (χ4n) is 2.47. The first kappa shape index (κ1) is 11.8. The minimum atomic E-state index is 0.503. The van der Waals surface area contributed by atoms with Crippen molar-refractivity contribution in [3.63, 3.8) is 0 Å². The highest BCUT2D eigenvalue weighted by Gasteiger charge is 2.20. The van der Waals surface area contributed by atoms with Crippen molar-refractivity contribution in [2.45, 2.75) is 63.8 Å². The SMILES string of the molecule is C=CCCCCCC1CCCCC1N. The molecule has 0 saturated heterocycles. The van der Waals surface area contributed by atoms with E-state index < -0.39 is 0 Å². The van der Waals surface area contributed by atoms with Crippen molar-refractivity contribution in [1.82, 2.24) is 0 Å². The van der Waals surface area contributed by atoms with Gasteiger partial charge in [-0.15, -0.1) is 6.58 Å². The molecule has 14 heavy (non-hydrogen) atoms. The molecule has 0 heterocycles.